The summed E-state index contributed by atoms with van der Waals surface area (Å²) in [5.74, 6) is 1.90. The molecule has 1 fully saturated rings. The van der Waals surface area contributed by atoms with Crippen molar-refractivity contribution < 1.29 is 23.8 Å². The molecular weight excluding hydrogens is 498 g/mol. The van der Waals surface area contributed by atoms with Gasteiger partial charge in [-0.1, -0.05) is 12.1 Å². The Morgan fingerprint density at radius 1 is 0.872 bits per heavy atom. The summed E-state index contributed by atoms with van der Waals surface area (Å²) >= 11 is 0. The molecule has 2 aromatic carbocycles. The Labute approximate surface area is 229 Å². The largest absolute Gasteiger partial charge is 0.497 e. The van der Waals surface area contributed by atoms with Crippen LogP contribution < -0.4 is 14.4 Å². The number of aromatic nitrogens is 2. The number of hydrogen-bond donors (Lipinski definition) is 0. The molecule has 0 spiro atoms. The Morgan fingerprint density at radius 2 is 1.67 bits per heavy atom. The summed E-state index contributed by atoms with van der Waals surface area (Å²) in [7, 11) is 4.79. The Bertz CT molecular complexity index is 1240. The van der Waals surface area contributed by atoms with Gasteiger partial charge in [-0.25, -0.2) is 0 Å². The maximum Gasteiger partial charge on any atom is 0.254 e. The summed E-state index contributed by atoms with van der Waals surface area (Å²) in [4.78, 5) is 31.9. The van der Waals surface area contributed by atoms with Gasteiger partial charge in [0.25, 0.3) is 5.91 Å². The zero-order chi connectivity index (χ0) is 27.6. The van der Waals surface area contributed by atoms with Crippen molar-refractivity contribution in [3.63, 3.8) is 0 Å². The first-order chi connectivity index (χ1) is 19.0. The highest BCUT2D eigenvalue weighted by atomic mass is 16.5. The maximum atomic E-state index is 13.3. The van der Waals surface area contributed by atoms with Gasteiger partial charge in [0.2, 0.25) is 5.91 Å². The molecule has 0 radical (unpaired) electrons. The van der Waals surface area contributed by atoms with Gasteiger partial charge in [0.05, 0.1) is 26.5 Å². The van der Waals surface area contributed by atoms with E-state index >= 15 is 0 Å². The Balaban J connectivity index is 1.37. The van der Waals surface area contributed by atoms with Crippen LogP contribution in [0, 0.1) is 0 Å². The van der Waals surface area contributed by atoms with Crippen molar-refractivity contribution in [2.75, 3.05) is 72.1 Å². The van der Waals surface area contributed by atoms with Gasteiger partial charge in [-0.3, -0.25) is 9.59 Å². The average Bonchev–Trinajstić information content (AvgIpc) is 3.25. The number of nitrogens with zero attached hydrogens (tertiary/aromatic N) is 5. The molecule has 1 aliphatic heterocycles. The number of benzene rings is 2. The molecule has 0 unspecified atom stereocenters. The minimum absolute atomic E-state index is 0.0107. The molecule has 2 amide bonds. The standard InChI is InChI=1S/C29H35N5O5/c1-37-19-18-34(29(36)22-8-10-24(38-2)11-9-22)21-28(35)33-15-5-14-32(16-17-33)27-13-12-26(30-31-27)23-6-4-7-25(20-23)39-3/h4,6-13,20H,5,14-19,21H2,1-3H3. The van der Waals surface area contributed by atoms with Crippen LogP contribution in [-0.2, 0) is 9.53 Å². The van der Waals surface area contributed by atoms with Gasteiger partial charge in [0.15, 0.2) is 5.82 Å². The topological polar surface area (TPSA) is 97.3 Å². The van der Waals surface area contributed by atoms with Crippen molar-refractivity contribution in [3.8, 4) is 22.8 Å². The highest BCUT2D eigenvalue weighted by Gasteiger charge is 2.25. The van der Waals surface area contributed by atoms with Gasteiger partial charge in [0.1, 0.15) is 18.0 Å². The van der Waals surface area contributed by atoms with Crippen molar-refractivity contribution in [2.45, 2.75) is 6.42 Å². The molecule has 3 aromatic rings. The Kier molecular flexibility index (Phi) is 9.69. The predicted octanol–water partition coefficient (Wildman–Crippen LogP) is 2.99. The first kappa shape index (κ1) is 27.8. The molecule has 1 aliphatic rings. The molecule has 0 aliphatic carbocycles. The van der Waals surface area contributed by atoms with Gasteiger partial charge < -0.3 is 28.9 Å². The summed E-state index contributed by atoms with van der Waals surface area (Å²) in [6.07, 6.45) is 0.787. The number of rotatable bonds is 10. The van der Waals surface area contributed by atoms with Crippen molar-refractivity contribution in [1.29, 1.82) is 0 Å². The third-order valence-electron chi connectivity index (χ3n) is 6.70. The Morgan fingerprint density at radius 3 is 2.36 bits per heavy atom. The predicted molar refractivity (Wildman–Crippen MR) is 148 cm³/mol. The second-order valence-electron chi connectivity index (χ2n) is 9.18. The molecular formula is C29H35N5O5. The van der Waals surface area contributed by atoms with E-state index < -0.39 is 0 Å². The third kappa shape index (κ3) is 7.23. The van der Waals surface area contributed by atoms with Crippen molar-refractivity contribution in [2.24, 2.45) is 0 Å². The number of amides is 2. The molecule has 0 N–H and O–H groups in total. The summed E-state index contributed by atoms with van der Waals surface area (Å²) in [5.41, 5.74) is 2.20. The minimum atomic E-state index is -0.217. The van der Waals surface area contributed by atoms with Crippen molar-refractivity contribution in [3.05, 3.63) is 66.2 Å². The lowest BCUT2D eigenvalue weighted by Crippen LogP contribution is -2.45. The van der Waals surface area contributed by atoms with Crippen molar-refractivity contribution in [1.82, 2.24) is 20.0 Å². The smallest absolute Gasteiger partial charge is 0.254 e. The number of carbonyl (C=O) groups is 2. The quantitative estimate of drug-likeness (QED) is 0.393. The third-order valence-corrected chi connectivity index (χ3v) is 6.70. The van der Waals surface area contributed by atoms with Crippen LogP contribution in [0.5, 0.6) is 11.5 Å². The normalized spacial score (nSPS) is 13.5. The zero-order valence-electron chi connectivity index (χ0n) is 22.7. The number of methoxy groups -OCH3 is 3. The fourth-order valence-corrected chi connectivity index (χ4v) is 4.46. The van der Waals surface area contributed by atoms with E-state index in [1.54, 1.807) is 50.5 Å². The van der Waals surface area contributed by atoms with Crippen LogP contribution in [0.2, 0.25) is 0 Å². The number of anilines is 1. The number of hydrogen-bond acceptors (Lipinski definition) is 8. The Hall–Kier alpha value is -4.18. The fraction of sp³-hybridized carbons (Fsp3) is 0.379. The van der Waals surface area contributed by atoms with Crippen LogP contribution in [-0.4, -0.2) is 99.0 Å². The van der Waals surface area contributed by atoms with E-state index in [-0.39, 0.29) is 18.4 Å². The molecule has 0 saturated carbocycles. The van der Waals surface area contributed by atoms with Gasteiger partial charge in [-0.2, -0.15) is 0 Å². The van der Waals surface area contributed by atoms with Crippen LogP contribution in [0.15, 0.2) is 60.7 Å². The molecule has 2 heterocycles. The lowest BCUT2D eigenvalue weighted by atomic mass is 10.1. The number of ether oxygens (including phenoxy) is 3. The first-order valence-corrected chi connectivity index (χ1v) is 13.0. The lowest BCUT2D eigenvalue weighted by Gasteiger charge is -2.27. The molecule has 1 saturated heterocycles. The van der Waals surface area contributed by atoms with E-state index in [0.717, 1.165) is 35.8 Å². The second kappa shape index (κ2) is 13.6. The monoisotopic (exact) mass is 533 g/mol. The molecule has 39 heavy (non-hydrogen) atoms. The minimum Gasteiger partial charge on any atom is -0.497 e. The average molecular weight is 534 g/mol. The van der Waals surface area contributed by atoms with E-state index in [0.29, 0.717) is 44.1 Å². The fourth-order valence-electron chi connectivity index (χ4n) is 4.46. The van der Waals surface area contributed by atoms with Crippen LogP contribution in [0.4, 0.5) is 5.82 Å². The van der Waals surface area contributed by atoms with Gasteiger partial charge in [-0.15, -0.1) is 10.2 Å². The molecule has 4 rings (SSSR count). The van der Waals surface area contributed by atoms with Crippen LogP contribution >= 0.6 is 0 Å². The summed E-state index contributed by atoms with van der Waals surface area (Å²) in [5, 5.41) is 8.87. The van der Waals surface area contributed by atoms with Crippen LogP contribution in [0.25, 0.3) is 11.3 Å². The summed E-state index contributed by atoms with van der Waals surface area (Å²) in [6.45, 7) is 3.18. The SMILES string of the molecule is COCCN(CC(=O)N1CCCN(c2ccc(-c3cccc(OC)c3)nn2)CC1)C(=O)c1ccc(OC)cc1. The number of carbonyl (C=O) groups excluding carboxylic acids is 2. The second-order valence-corrected chi connectivity index (χ2v) is 9.18. The van der Waals surface area contributed by atoms with Crippen LogP contribution in [0.3, 0.4) is 0 Å². The van der Waals surface area contributed by atoms with E-state index in [1.165, 1.54) is 0 Å². The van der Waals surface area contributed by atoms with E-state index in [2.05, 4.69) is 15.1 Å². The molecule has 10 heteroatoms. The first-order valence-electron chi connectivity index (χ1n) is 13.0. The van der Waals surface area contributed by atoms with E-state index in [9.17, 15) is 9.59 Å². The maximum absolute atomic E-state index is 13.3. The van der Waals surface area contributed by atoms with Gasteiger partial charge in [0, 0.05) is 51.0 Å². The van der Waals surface area contributed by atoms with E-state index in [1.807, 2.05) is 41.3 Å². The van der Waals surface area contributed by atoms with Gasteiger partial charge in [-0.05, 0) is 55.0 Å². The summed E-state index contributed by atoms with van der Waals surface area (Å²) < 4.78 is 15.7. The molecule has 206 valence electrons. The van der Waals surface area contributed by atoms with Crippen LogP contribution in [0.1, 0.15) is 16.8 Å². The zero-order valence-corrected chi connectivity index (χ0v) is 22.7. The lowest BCUT2D eigenvalue weighted by molar-refractivity contribution is -0.131. The highest BCUT2D eigenvalue weighted by Crippen LogP contribution is 2.23. The summed E-state index contributed by atoms with van der Waals surface area (Å²) in [6, 6.07) is 18.5. The highest BCUT2D eigenvalue weighted by molar-refractivity contribution is 5.96. The van der Waals surface area contributed by atoms with Gasteiger partial charge >= 0.3 is 0 Å². The molecule has 0 atom stereocenters. The molecule has 10 nitrogen and oxygen atoms in total. The van der Waals surface area contributed by atoms with E-state index in [4.69, 9.17) is 14.2 Å². The van der Waals surface area contributed by atoms with Crippen molar-refractivity contribution >= 4 is 17.6 Å². The molecule has 0 bridgehead atoms. The molecule has 1 aromatic heterocycles.